The van der Waals surface area contributed by atoms with Gasteiger partial charge < -0.3 is 15.1 Å². The van der Waals surface area contributed by atoms with Gasteiger partial charge in [-0.15, -0.1) is 0 Å². The van der Waals surface area contributed by atoms with E-state index in [0.29, 0.717) is 11.6 Å². The molecule has 2 aromatic rings. The molecule has 2 rings (SSSR count). The molecule has 20 heavy (non-hydrogen) atoms. The fourth-order valence-corrected chi connectivity index (χ4v) is 2.56. The molecule has 1 unspecified atom stereocenters. The first kappa shape index (κ1) is 15.2. The first-order valence-corrected chi connectivity index (χ1v) is 7.53. The number of halogens is 2. The van der Waals surface area contributed by atoms with Gasteiger partial charge in [-0.3, -0.25) is 4.79 Å². The molecule has 1 amide bonds. The van der Waals surface area contributed by atoms with E-state index in [1.165, 1.54) is 0 Å². The van der Waals surface area contributed by atoms with Crippen LogP contribution in [-0.4, -0.2) is 11.9 Å². The highest BCUT2D eigenvalue weighted by Crippen LogP contribution is 2.24. The molecule has 0 aliphatic rings. The summed E-state index contributed by atoms with van der Waals surface area (Å²) in [5.74, 6) is 0.605. The number of hydrogen-bond donors (Lipinski definition) is 2. The lowest BCUT2D eigenvalue weighted by atomic mass is 10.2. The van der Waals surface area contributed by atoms with Gasteiger partial charge in [0, 0.05) is 3.57 Å². The number of carbonyl (C=O) groups is 1. The number of furan rings is 1. The summed E-state index contributed by atoms with van der Waals surface area (Å²) in [6, 6.07) is 8.85. The zero-order valence-electron chi connectivity index (χ0n) is 10.8. The van der Waals surface area contributed by atoms with Gasteiger partial charge in [0.1, 0.15) is 11.8 Å². The maximum Gasteiger partial charge on any atom is 0.242 e. The number of anilines is 1. The van der Waals surface area contributed by atoms with Crippen molar-refractivity contribution in [3.05, 3.63) is 50.9 Å². The fraction of sp³-hybridized carbons (Fsp3) is 0.214. The standard InChI is InChI=1S/C14H14ClIN2O2/c1-9(14(19)17-8-11-3-2-6-20-11)18-13-5-4-10(16)7-12(13)15/h2-7,9,18H,8H2,1H3,(H,17,19). The van der Waals surface area contributed by atoms with E-state index in [1.807, 2.05) is 24.3 Å². The number of rotatable bonds is 5. The maximum atomic E-state index is 12.0. The van der Waals surface area contributed by atoms with Crippen LogP contribution in [0.1, 0.15) is 12.7 Å². The van der Waals surface area contributed by atoms with Crippen LogP contribution in [0, 0.1) is 3.57 Å². The van der Waals surface area contributed by atoms with Crippen molar-refractivity contribution < 1.29 is 9.21 Å². The van der Waals surface area contributed by atoms with E-state index in [0.717, 1.165) is 15.0 Å². The zero-order valence-corrected chi connectivity index (χ0v) is 13.7. The Balaban J connectivity index is 1.90. The third-order valence-corrected chi connectivity index (χ3v) is 3.70. The van der Waals surface area contributed by atoms with Gasteiger partial charge in [0.25, 0.3) is 0 Å². The number of carbonyl (C=O) groups excluding carboxylic acids is 1. The molecule has 2 N–H and O–H groups in total. The Morgan fingerprint density at radius 3 is 2.90 bits per heavy atom. The summed E-state index contributed by atoms with van der Waals surface area (Å²) in [6.45, 7) is 2.16. The number of nitrogens with one attached hydrogen (secondary N) is 2. The van der Waals surface area contributed by atoms with E-state index in [1.54, 1.807) is 19.3 Å². The first-order valence-electron chi connectivity index (χ1n) is 6.08. The van der Waals surface area contributed by atoms with E-state index in [4.69, 9.17) is 16.0 Å². The molecule has 4 nitrogen and oxygen atoms in total. The first-order chi connectivity index (χ1) is 9.56. The molecule has 1 aromatic carbocycles. The smallest absolute Gasteiger partial charge is 0.242 e. The normalized spacial score (nSPS) is 11.9. The summed E-state index contributed by atoms with van der Waals surface area (Å²) in [5, 5.41) is 6.49. The van der Waals surface area contributed by atoms with Crippen molar-refractivity contribution in [1.82, 2.24) is 5.32 Å². The van der Waals surface area contributed by atoms with Gasteiger partial charge in [0.15, 0.2) is 0 Å². The maximum absolute atomic E-state index is 12.0. The summed E-state index contributed by atoms with van der Waals surface area (Å²) in [5.41, 5.74) is 0.743. The van der Waals surface area contributed by atoms with Crippen LogP contribution < -0.4 is 10.6 Å². The van der Waals surface area contributed by atoms with Crippen LogP contribution in [0.3, 0.4) is 0 Å². The van der Waals surface area contributed by atoms with Gasteiger partial charge >= 0.3 is 0 Å². The second-order valence-corrected chi connectivity index (χ2v) is 5.94. The van der Waals surface area contributed by atoms with Gasteiger partial charge in [-0.1, -0.05) is 11.6 Å². The SMILES string of the molecule is CC(Nc1ccc(I)cc1Cl)C(=O)NCc1ccco1. The number of benzene rings is 1. The lowest BCUT2D eigenvalue weighted by Crippen LogP contribution is -2.37. The van der Waals surface area contributed by atoms with Crippen molar-refractivity contribution in [2.75, 3.05) is 5.32 Å². The molecule has 106 valence electrons. The lowest BCUT2D eigenvalue weighted by molar-refractivity contribution is -0.121. The van der Waals surface area contributed by atoms with Gasteiger partial charge in [0.2, 0.25) is 5.91 Å². The molecule has 1 aromatic heterocycles. The third kappa shape index (κ3) is 4.14. The molecule has 0 radical (unpaired) electrons. The van der Waals surface area contributed by atoms with Gasteiger partial charge in [0.05, 0.1) is 23.5 Å². The van der Waals surface area contributed by atoms with Crippen LogP contribution in [0.4, 0.5) is 5.69 Å². The third-order valence-electron chi connectivity index (χ3n) is 2.71. The molecule has 6 heteroatoms. The van der Waals surface area contributed by atoms with Crippen LogP contribution in [-0.2, 0) is 11.3 Å². The van der Waals surface area contributed by atoms with Crippen molar-refractivity contribution >= 4 is 45.8 Å². The monoisotopic (exact) mass is 404 g/mol. The minimum absolute atomic E-state index is 0.115. The largest absolute Gasteiger partial charge is 0.467 e. The highest BCUT2D eigenvalue weighted by molar-refractivity contribution is 14.1. The summed E-state index contributed by atoms with van der Waals surface area (Å²) in [4.78, 5) is 12.0. The van der Waals surface area contributed by atoms with Crippen molar-refractivity contribution in [2.24, 2.45) is 0 Å². The predicted molar refractivity (Wildman–Crippen MR) is 87.8 cm³/mol. The van der Waals surface area contributed by atoms with E-state index in [-0.39, 0.29) is 11.9 Å². The molecule has 0 aliphatic heterocycles. The molecular weight excluding hydrogens is 391 g/mol. The summed E-state index contributed by atoms with van der Waals surface area (Å²) < 4.78 is 6.21. The molecule has 0 aliphatic carbocycles. The topological polar surface area (TPSA) is 54.3 Å². The Labute approximate surface area is 136 Å². The Bertz CT molecular complexity index is 587. The quantitative estimate of drug-likeness (QED) is 0.748. The Hall–Kier alpha value is -1.21. The molecule has 0 saturated heterocycles. The molecule has 1 heterocycles. The van der Waals surface area contributed by atoms with E-state index >= 15 is 0 Å². The molecule has 0 saturated carbocycles. The van der Waals surface area contributed by atoms with Crippen molar-refractivity contribution in [3.8, 4) is 0 Å². The van der Waals surface area contributed by atoms with Crippen LogP contribution in [0.15, 0.2) is 41.0 Å². The van der Waals surface area contributed by atoms with E-state index in [2.05, 4.69) is 33.2 Å². The average Bonchev–Trinajstić information content (AvgIpc) is 2.92. The molecule has 1 atom stereocenters. The van der Waals surface area contributed by atoms with Crippen LogP contribution >= 0.6 is 34.2 Å². The van der Waals surface area contributed by atoms with Crippen LogP contribution in [0.5, 0.6) is 0 Å². The Morgan fingerprint density at radius 1 is 1.45 bits per heavy atom. The fourth-order valence-electron chi connectivity index (χ4n) is 1.65. The van der Waals surface area contributed by atoms with Crippen LogP contribution in [0.2, 0.25) is 5.02 Å². The highest BCUT2D eigenvalue weighted by atomic mass is 127. The van der Waals surface area contributed by atoms with Gasteiger partial charge in [-0.25, -0.2) is 0 Å². The average molecular weight is 405 g/mol. The summed E-state index contributed by atoms with van der Waals surface area (Å²) >= 11 is 8.31. The van der Waals surface area contributed by atoms with Crippen molar-refractivity contribution in [3.63, 3.8) is 0 Å². The van der Waals surface area contributed by atoms with E-state index < -0.39 is 0 Å². The second-order valence-electron chi connectivity index (χ2n) is 4.29. The van der Waals surface area contributed by atoms with Crippen molar-refractivity contribution in [1.29, 1.82) is 0 Å². The summed E-state index contributed by atoms with van der Waals surface area (Å²) in [6.07, 6.45) is 1.58. The van der Waals surface area contributed by atoms with E-state index in [9.17, 15) is 4.79 Å². The summed E-state index contributed by atoms with van der Waals surface area (Å²) in [7, 11) is 0. The Kier molecular flexibility index (Phi) is 5.31. The van der Waals surface area contributed by atoms with Gasteiger partial charge in [-0.05, 0) is 59.8 Å². The number of hydrogen-bond acceptors (Lipinski definition) is 3. The number of amides is 1. The van der Waals surface area contributed by atoms with Crippen LogP contribution in [0.25, 0.3) is 0 Å². The van der Waals surface area contributed by atoms with Gasteiger partial charge in [-0.2, -0.15) is 0 Å². The molecule has 0 bridgehead atoms. The predicted octanol–water partition coefficient (Wildman–Crippen LogP) is 3.65. The molecule has 0 spiro atoms. The zero-order chi connectivity index (χ0) is 14.5. The highest BCUT2D eigenvalue weighted by Gasteiger charge is 2.14. The minimum atomic E-state index is -0.387. The minimum Gasteiger partial charge on any atom is -0.467 e. The Morgan fingerprint density at radius 2 is 2.25 bits per heavy atom. The molecular formula is C14H14ClIN2O2. The molecule has 0 fully saturated rings. The second kappa shape index (κ2) is 6.99. The lowest BCUT2D eigenvalue weighted by Gasteiger charge is -2.16. The van der Waals surface area contributed by atoms with Crippen molar-refractivity contribution in [2.45, 2.75) is 19.5 Å².